The number of primary amides is 1. The lowest BCUT2D eigenvalue weighted by Gasteiger charge is -2.32. The molecule has 0 aromatic heterocycles. The molecule has 3 aromatic carbocycles. The number of carbonyl (C=O) groups is 3. The number of benzene rings is 3. The molecule has 188 valence electrons. The largest absolute Gasteiger partial charge is 0.368 e. The van der Waals surface area contributed by atoms with Gasteiger partial charge in [-0.2, -0.15) is 0 Å². The summed E-state index contributed by atoms with van der Waals surface area (Å²) in [6, 6.07) is 21.0. The Morgan fingerprint density at radius 1 is 0.861 bits per heavy atom. The Bertz CT molecular complexity index is 1250. The van der Waals surface area contributed by atoms with E-state index in [4.69, 9.17) is 5.73 Å². The van der Waals surface area contributed by atoms with Crippen LogP contribution in [0.1, 0.15) is 68.3 Å². The summed E-state index contributed by atoms with van der Waals surface area (Å²) < 4.78 is 0. The number of hydrogen-bond donors (Lipinski definition) is 3. The number of anilines is 1. The van der Waals surface area contributed by atoms with Crippen molar-refractivity contribution in [1.29, 1.82) is 0 Å². The summed E-state index contributed by atoms with van der Waals surface area (Å²) in [5, 5.41) is 8.00. The van der Waals surface area contributed by atoms with Gasteiger partial charge in [0.05, 0.1) is 0 Å². The van der Waals surface area contributed by atoms with Gasteiger partial charge in [-0.3, -0.25) is 14.4 Å². The van der Waals surface area contributed by atoms with E-state index in [2.05, 4.69) is 22.8 Å². The summed E-state index contributed by atoms with van der Waals surface area (Å²) in [7, 11) is 0. The lowest BCUT2D eigenvalue weighted by Crippen LogP contribution is -2.53. The molecule has 1 aliphatic rings. The minimum Gasteiger partial charge on any atom is -0.368 e. The summed E-state index contributed by atoms with van der Waals surface area (Å²) in [5.41, 5.74) is 7.68. The van der Waals surface area contributed by atoms with Crippen molar-refractivity contribution in [3.8, 4) is 0 Å². The molecule has 6 nitrogen and oxygen atoms in total. The monoisotopic (exact) mass is 485 g/mol. The third-order valence-electron chi connectivity index (χ3n) is 7.19. The van der Waals surface area contributed by atoms with Crippen LogP contribution in [-0.2, 0) is 9.59 Å². The molecule has 1 fully saturated rings. The molecule has 1 atom stereocenters. The van der Waals surface area contributed by atoms with Crippen molar-refractivity contribution in [2.24, 2.45) is 17.1 Å². The van der Waals surface area contributed by atoms with Crippen LogP contribution < -0.4 is 16.4 Å². The summed E-state index contributed by atoms with van der Waals surface area (Å²) in [4.78, 5) is 37.3. The molecule has 6 heteroatoms. The maximum absolute atomic E-state index is 12.8. The molecule has 0 aliphatic heterocycles. The molecule has 4 N–H and O–H groups in total. The van der Waals surface area contributed by atoms with Crippen LogP contribution in [0.2, 0.25) is 0 Å². The lowest BCUT2D eigenvalue weighted by molar-refractivity contribution is -0.132. The van der Waals surface area contributed by atoms with Crippen LogP contribution in [0.25, 0.3) is 10.8 Å². The Hall–Kier alpha value is -3.67. The third-order valence-corrected chi connectivity index (χ3v) is 7.19. The quantitative estimate of drug-likeness (QED) is 0.437. The number of fused-ring (bicyclic) bond motifs is 1. The standard InChI is InChI=1S/C30H35N3O3/c1-30(2,3)26(27(31)34)33-28(35)22-11-8-20(9-12-22)21-14-16-25(17-15-21)32-29(36)24-13-10-19-6-4-5-7-23(19)18-24/h4-7,10,13-18,20,22,26H,8-9,11-12H2,1-3H3,(H2,31,34)(H,32,36)(H,33,35)/t20-,22-,26-/m1/s1. The van der Waals surface area contributed by atoms with Crippen LogP contribution in [0, 0.1) is 11.3 Å². The molecule has 0 heterocycles. The number of nitrogens with two attached hydrogens (primary N) is 1. The van der Waals surface area contributed by atoms with E-state index in [0.29, 0.717) is 11.5 Å². The Morgan fingerprint density at radius 2 is 1.50 bits per heavy atom. The van der Waals surface area contributed by atoms with Crippen LogP contribution >= 0.6 is 0 Å². The minimum atomic E-state index is -0.680. The Morgan fingerprint density at radius 3 is 2.11 bits per heavy atom. The van der Waals surface area contributed by atoms with Gasteiger partial charge in [0.25, 0.3) is 5.91 Å². The molecule has 0 spiro atoms. The molecule has 3 aromatic rings. The molecule has 0 bridgehead atoms. The van der Waals surface area contributed by atoms with Gasteiger partial charge >= 0.3 is 0 Å². The van der Waals surface area contributed by atoms with Crippen molar-refractivity contribution in [2.45, 2.75) is 58.4 Å². The fourth-order valence-corrected chi connectivity index (χ4v) is 5.04. The molecule has 0 radical (unpaired) electrons. The average molecular weight is 486 g/mol. The van der Waals surface area contributed by atoms with E-state index >= 15 is 0 Å². The van der Waals surface area contributed by atoms with Crippen LogP contribution in [0.15, 0.2) is 66.7 Å². The van der Waals surface area contributed by atoms with Gasteiger partial charge < -0.3 is 16.4 Å². The normalized spacial score (nSPS) is 18.9. The van der Waals surface area contributed by atoms with E-state index in [0.717, 1.165) is 42.1 Å². The Kier molecular flexibility index (Phi) is 7.43. The lowest BCUT2D eigenvalue weighted by atomic mass is 9.78. The van der Waals surface area contributed by atoms with E-state index in [1.807, 2.05) is 75.4 Å². The number of rotatable bonds is 6. The fraction of sp³-hybridized carbons (Fsp3) is 0.367. The van der Waals surface area contributed by atoms with E-state index < -0.39 is 17.4 Å². The highest BCUT2D eigenvalue weighted by Crippen LogP contribution is 2.36. The van der Waals surface area contributed by atoms with Crippen LogP contribution in [0.5, 0.6) is 0 Å². The molecule has 36 heavy (non-hydrogen) atoms. The van der Waals surface area contributed by atoms with Crippen molar-refractivity contribution in [1.82, 2.24) is 5.32 Å². The molecule has 3 amide bonds. The summed E-state index contributed by atoms with van der Waals surface area (Å²) in [6.45, 7) is 5.69. The first-order valence-corrected chi connectivity index (χ1v) is 12.6. The SMILES string of the molecule is CC(C)(C)[C@H](NC(=O)[C@H]1CC[C@H](c2ccc(NC(=O)c3ccc4ccccc4c3)cc2)CC1)C(N)=O. The van der Waals surface area contributed by atoms with Crippen molar-refractivity contribution >= 4 is 34.2 Å². The maximum Gasteiger partial charge on any atom is 0.255 e. The van der Waals surface area contributed by atoms with Gasteiger partial charge in [-0.1, -0.05) is 63.2 Å². The Labute approximate surface area is 212 Å². The predicted octanol–water partition coefficient (Wildman–Crippen LogP) is 5.38. The van der Waals surface area contributed by atoms with Crippen molar-refractivity contribution in [2.75, 3.05) is 5.32 Å². The topological polar surface area (TPSA) is 101 Å². The summed E-state index contributed by atoms with van der Waals surface area (Å²) in [6.07, 6.45) is 3.34. The van der Waals surface area contributed by atoms with E-state index in [1.54, 1.807) is 0 Å². The zero-order chi connectivity index (χ0) is 25.9. The zero-order valence-corrected chi connectivity index (χ0v) is 21.2. The number of nitrogens with one attached hydrogen (secondary N) is 2. The van der Waals surface area contributed by atoms with Crippen LogP contribution in [0.3, 0.4) is 0 Å². The molecular weight excluding hydrogens is 450 g/mol. The van der Waals surface area contributed by atoms with Gasteiger partial charge in [-0.05, 0) is 77.6 Å². The molecule has 1 aliphatic carbocycles. The van der Waals surface area contributed by atoms with Crippen LogP contribution in [0.4, 0.5) is 5.69 Å². The molecule has 1 saturated carbocycles. The second kappa shape index (κ2) is 10.5. The van der Waals surface area contributed by atoms with E-state index in [-0.39, 0.29) is 17.7 Å². The second-order valence-corrected chi connectivity index (χ2v) is 10.9. The summed E-state index contributed by atoms with van der Waals surface area (Å²) in [5.74, 6) is -0.458. The number of amides is 3. The zero-order valence-electron chi connectivity index (χ0n) is 21.2. The van der Waals surface area contributed by atoms with Gasteiger partial charge in [0, 0.05) is 17.2 Å². The highest BCUT2D eigenvalue weighted by Gasteiger charge is 2.34. The van der Waals surface area contributed by atoms with E-state index in [9.17, 15) is 14.4 Å². The second-order valence-electron chi connectivity index (χ2n) is 10.9. The first kappa shape index (κ1) is 25.4. The fourth-order valence-electron chi connectivity index (χ4n) is 5.04. The third kappa shape index (κ3) is 5.93. The average Bonchev–Trinajstić information content (AvgIpc) is 2.86. The Balaban J connectivity index is 1.32. The first-order valence-electron chi connectivity index (χ1n) is 12.6. The van der Waals surface area contributed by atoms with Crippen molar-refractivity contribution in [3.05, 3.63) is 77.9 Å². The van der Waals surface area contributed by atoms with Gasteiger partial charge in [0.2, 0.25) is 11.8 Å². The highest BCUT2D eigenvalue weighted by molar-refractivity contribution is 6.06. The van der Waals surface area contributed by atoms with Crippen LogP contribution in [-0.4, -0.2) is 23.8 Å². The predicted molar refractivity (Wildman–Crippen MR) is 144 cm³/mol. The van der Waals surface area contributed by atoms with Crippen molar-refractivity contribution < 1.29 is 14.4 Å². The molecule has 4 rings (SSSR count). The molecular formula is C30H35N3O3. The van der Waals surface area contributed by atoms with E-state index in [1.165, 1.54) is 5.56 Å². The smallest absolute Gasteiger partial charge is 0.255 e. The van der Waals surface area contributed by atoms with Crippen molar-refractivity contribution in [3.63, 3.8) is 0 Å². The summed E-state index contributed by atoms with van der Waals surface area (Å²) >= 11 is 0. The number of hydrogen-bond acceptors (Lipinski definition) is 3. The highest BCUT2D eigenvalue weighted by atomic mass is 16.2. The number of carbonyl (C=O) groups excluding carboxylic acids is 3. The first-order chi connectivity index (χ1) is 17.1. The minimum absolute atomic E-state index is 0.0843. The van der Waals surface area contributed by atoms with Gasteiger partial charge in [0.15, 0.2) is 0 Å². The molecule has 0 saturated heterocycles. The van der Waals surface area contributed by atoms with Gasteiger partial charge in [-0.15, -0.1) is 0 Å². The molecule has 0 unspecified atom stereocenters. The van der Waals surface area contributed by atoms with Gasteiger partial charge in [0.1, 0.15) is 6.04 Å². The van der Waals surface area contributed by atoms with Gasteiger partial charge in [-0.25, -0.2) is 0 Å². The maximum atomic E-state index is 12.8.